The third-order valence-corrected chi connectivity index (χ3v) is 6.02. The Hall–Kier alpha value is -2.54. The summed E-state index contributed by atoms with van der Waals surface area (Å²) in [4.78, 5) is 0. The molecule has 0 saturated carbocycles. The van der Waals surface area contributed by atoms with E-state index in [0.717, 1.165) is 12.2 Å². The molecule has 1 aliphatic rings. The van der Waals surface area contributed by atoms with Crippen molar-refractivity contribution in [3.05, 3.63) is 101 Å². The van der Waals surface area contributed by atoms with Crippen LogP contribution in [0, 0.1) is 0 Å². The molecule has 1 nitrogen and oxygen atoms in total. The fraction of sp³-hybridized carbons (Fsp3) is 0.308. The van der Waals surface area contributed by atoms with Gasteiger partial charge in [0.05, 0.1) is 7.11 Å². The largest absolute Gasteiger partial charge is 0.497 e. The highest BCUT2D eigenvalue weighted by Crippen LogP contribution is 2.46. The van der Waals surface area contributed by atoms with Gasteiger partial charge in [-0.1, -0.05) is 74.5 Å². The molecule has 0 N–H and O–H groups in total. The van der Waals surface area contributed by atoms with Crippen LogP contribution in [-0.2, 0) is 6.42 Å². The van der Waals surface area contributed by atoms with Gasteiger partial charge in [-0.3, -0.25) is 0 Å². The molecule has 3 aromatic rings. The molecule has 2 unspecified atom stereocenters. The molecule has 1 aliphatic carbocycles. The summed E-state index contributed by atoms with van der Waals surface area (Å²) in [7, 11) is 1.73. The fourth-order valence-corrected chi connectivity index (χ4v) is 4.47. The molecular formula is C26H28O. The van der Waals surface area contributed by atoms with Gasteiger partial charge in [-0.25, -0.2) is 0 Å². The Morgan fingerprint density at radius 3 is 2.15 bits per heavy atom. The van der Waals surface area contributed by atoms with Gasteiger partial charge < -0.3 is 4.74 Å². The third kappa shape index (κ3) is 3.51. The highest BCUT2D eigenvalue weighted by Gasteiger charge is 2.31. The van der Waals surface area contributed by atoms with Crippen LogP contribution in [0.1, 0.15) is 65.8 Å². The maximum absolute atomic E-state index is 5.36. The minimum absolute atomic E-state index is 0.407. The van der Waals surface area contributed by atoms with Crippen molar-refractivity contribution in [2.75, 3.05) is 7.11 Å². The van der Waals surface area contributed by atoms with Crippen LogP contribution in [0.4, 0.5) is 0 Å². The standard InChI is InChI=1S/C26H28O/c1-18(2)19-8-10-22(11-9-19)26-24-7-5-4-6-20(24)14-17-25(26)21-12-15-23(27-3)16-13-21/h4-13,15-16,18,25-26H,14,17H2,1-3H3. The van der Waals surface area contributed by atoms with Crippen molar-refractivity contribution in [1.29, 1.82) is 0 Å². The lowest BCUT2D eigenvalue weighted by molar-refractivity contribution is 0.414. The van der Waals surface area contributed by atoms with Crippen LogP contribution >= 0.6 is 0 Å². The molecule has 2 atom stereocenters. The van der Waals surface area contributed by atoms with E-state index in [2.05, 4.69) is 86.6 Å². The second kappa shape index (κ2) is 7.60. The second-order valence-corrected chi connectivity index (χ2v) is 7.92. The normalized spacial score (nSPS) is 19.0. The first-order valence-electron chi connectivity index (χ1n) is 9.99. The van der Waals surface area contributed by atoms with Crippen molar-refractivity contribution in [3.8, 4) is 5.75 Å². The molecule has 0 amide bonds. The summed E-state index contributed by atoms with van der Waals surface area (Å²) in [6.45, 7) is 4.51. The lowest BCUT2D eigenvalue weighted by Crippen LogP contribution is -2.20. The molecule has 27 heavy (non-hydrogen) atoms. The Bertz CT molecular complexity index is 890. The predicted octanol–water partition coefficient (Wildman–Crippen LogP) is 6.68. The maximum Gasteiger partial charge on any atom is 0.118 e. The molecule has 4 rings (SSSR count). The number of aryl methyl sites for hydroxylation is 1. The third-order valence-electron chi connectivity index (χ3n) is 6.02. The quantitative estimate of drug-likeness (QED) is 0.506. The maximum atomic E-state index is 5.36. The molecule has 0 bridgehead atoms. The van der Waals surface area contributed by atoms with Gasteiger partial charge in [0.1, 0.15) is 5.75 Å². The zero-order valence-electron chi connectivity index (χ0n) is 16.5. The molecule has 1 heteroatoms. The average Bonchev–Trinajstić information content (AvgIpc) is 2.73. The molecule has 0 fully saturated rings. The SMILES string of the molecule is COc1ccc(C2CCc3ccccc3C2c2ccc(C(C)C)cc2)cc1. The van der Waals surface area contributed by atoms with Crippen molar-refractivity contribution < 1.29 is 4.74 Å². The number of methoxy groups -OCH3 is 1. The molecule has 0 aromatic heterocycles. The van der Waals surface area contributed by atoms with E-state index >= 15 is 0 Å². The lowest BCUT2D eigenvalue weighted by Gasteiger charge is -2.35. The molecule has 0 heterocycles. The molecule has 3 aromatic carbocycles. The number of fused-ring (bicyclic) bond motifs is 1. The molecule has 0 saturated heterocycles. The monoisotopic (exact) mass is 356 g/mol. The van der Waals surface area contributed by atoms with Crippen LogP contribution in [-0.4, -0.2) is 7.11 Å². The summed E-state index contributed by atoms with van der Waals surface area (Å²) in [6.07, 6.45) is 2.33. The predicted molar refractivity (Wildman–Crippen MR) is 113 cm³/mol. The van der Waals surface area contributed by atoms with Crippen molar-refractivity contribution in [1.82, 2.24) is 0 Å². The van der Waals surface area contributed by atoms with E-state index in [4.69, 9.17) is 4.74 Å². The second-order valence-electron chi connectivity index (χ2n) is 7.92. The molecule has 0 spiro atoms. The highest BCUT2D eigenvalue weighted by atomic mass is 16.5. The first-order valence-corrected chi connectivity index (χ1v) is 9.99. The van der Waals surface area contributed by atoms with Crippen molar-refractivity contribution >= 4 is 0 Å². The molecule has 138 valence electrons. The molecular weight excluding hydrogens is 328 g/mol. The summed E-state index contributed by atoms with van der Waals surface area (Å²) in [5, 5.41) is 0. The van der Waals surface area contributed by atoms with Gasteiger partial charge in [-0.2, -0.15) is 0 Å². The van der Waals surface area contributed by atoms with Crippen LogP contribution in [0.2, 0.25) is 0 Å². The van der Waals surface area contributed by atoms with Crippen molar-refractivity contribution in [2.24, 2.45) is 0 Å². The van der Waals surface area contributed by atoms with Crippen LogP contribution in [0.25, 0.3) is 0 Å². The number of rotatable bonds is 4. The number of hydrogen-bond donors (Lipinski definition) is 0. The summed E-state index contributed by atoms with van der Waals surface area (Å²) < 4.78 is 5.36. The van der Waals surface area contributed by atoms with Crippen LogP contribution in [0.5, 0.6) is 5.75 Å². The van der Waals surface area contributed by atoms with Gasteiger partial charge in [0.15, 0.2) is 0 Å². The Morgan fingerprint density at radius 1 is 0.815 bits per heavy atom. The minimum Gasteiger partial charge on any atom is -0.497 e. The van der Waals surface area contributed by atoms with Gasteiger partial charge in [-0.15, -0.1) is 0 Å². The Labute approximate surface area is 163 Å². The summed E-state index contributed by atoms with van der Waals surface area (Å²) >= 11 is 0. The van der Waals surface area contributed by atoms with Crippen LogP contribution in [0.3, 0.4) is 0 Å². The Balaban J connectivity index is 1.78. The van der Waals surface area contributed by atoms with Gasteiger partial charge in [0.25, 0.3) is 0 Å². The summed E-state index contributed by atoms with van der Waals surface area (Å²) in [5.74, 6) is 2.39. The van der Waals surface area contributed by atoms with E-state index in [-0.39, 0.29) is 0 Å². The minimum atomic E-state index is 0.407. The highest BCUT2D eigenvalue weighted by molar-refractivity contribution is 5.46. The van der Waals surface area contributed by atoms with Crippen molar-refractivity contribution in [3.63, 3.8) is 0 Å². The van der Waals surface area contributed by atoms with Gasteiger partial charge >= 0.3 is 0 Å². The zero-order chi connectivity index (χ0) is 18.8. The summed E-state index contributed by atoms with van der Waals surface area (Å²) in [6, 6.07) is 27.0. The Kier molecular flexibility index (Phi) is 5.03. The summed E-state index contributed by atoms with van der Waals surface area (Å²) in [5.41, 5.74) is 7.22. The van der Waals surface area contributed by atoms with E-state index in [0.29, 0.717) is 17.8 Å². The number of benzene rings is 3. The van der Waals surface area contributed by atoms with E-state index < -0.39 is 0 Å². The number of ether oxygens (including phenoxy) is 1. The lowest BCUT2D eigenvalue weighted by atomic mass is 9.69. The van der Waals surface area contributed by atoms with E-state index in [1.165, 1.54) is 34.2 Å². The number of hydrogen-bond acceptors (Lipinski definition) is 1. The van der Waals surface area contributed by atoms with Gasteiger partial charge in [0, 0.05) is 5.92 Å². The van der Waals surface area contributed by atoms with Crippen molar-refractivity contribution in [2.45, 2.75) is 44.4 Å². The van der Waals surface area contributed by atoms with Crippen LogP contribution in [0.15, 0.2) is 72.8 Å². The van der Waals surface area contributed by atoms with Gasteiger partial charge in [-0.05, 0) is 64.6 Å². The van der Waals surface area contributed by atoms with E-state index in [1.54, 1.807) is 7.11 Å². The smallest absolute Gasteiger partial charge is 0.118 e. The van der Waals surface area contributed by atoms with Gasteiger partial charge in [0.2, 0.25) is 0 Å². The van der Waals surface area contributed by atoms with E-state index in [1.807, 2.05) is 0 Å². The fourth-order valence-electron chi connectivity index (χ4n) is 4.47. The van der Waals surface area contributed by atoms with E-state index in [9.17, 15) is 0 Å². The average molecular weight is 357 g/mol. The first-order chi connectivity index (χ1) is 13.2. The first kappa shape index (κ1) is 17.9. The zero-order valence-corrected chi connectivity index (χ0v) is 16.5. The molecule has 0 radical (unpaired) electrons. The Morgan fingerprint density at radius 2 is 1.48 bits per heavy atom. The molecule has 0 aliphatic heterocycles. The topological polar surface area (TPSA) is 9.23 Å². The van der Waals surface area contributed by atoms with Crippen LogP contribution < -0.4 is 4.74 Å².